The largest absolute Gasteiger partial charge is 0.457 e. The number of alkyl halides is 3. The summed E-state index contributed by atoms with van der Waals surface area (Å²) in [6.07, 6.45) is -4.57. The maximum Gasteiger partial charge on any atom is 0.420 e. The number of halogens is 3. The molecule has 0 unspecified atom stereocenters. The molecule has 0 bridgehead atoms. The average Bonchev–Trinajstić information content (AvgIpc) is 2.59. The predicted molar refractivity (Wildman–Crippen MR) is 98.0 cm³/mol. The average molecular weight is 374 g/mol. The van der Waals surface area contributed by atoms with Gasteiger partial charge in [0, 0.05) is 11.4 Å². The molecule has 0 aliphatic carbocycles. The Morgan fingerprint density at radius 1 is 0.704 bits per heavy atom. The second-order valence-corrected chi connectivity index (χ2v) is 5.95. The van der Waals surface area contributed by atoms with Gasteiger partial charge in [-0.1, -0.05) is 0 Å². The summed E-state index contributed by atoms with van der Waals surface area (Å²) < 4.78 is 50.6. The zero-order valence-electron chi connectivity index (χ0n) is 14.4. The fourth-order valence-corrected chi connectivity index (χ4v) is 2.47. The van der Waals surface area contributed by atoms with Crippen LogP contribution in [0.15, 0.2) is 60.7 Å². The van der Waals surface area contributed by atoms with E-state index in [9.17, 15) is 13.2 Å². The van der Waals surface area contributed by atoms with E-state index in [4.69, 9.17) is 20.9 Å². The van der Waals surface area contributed by atoms with Crippen LogP contribution in [0.25, 0.3) is 0 Å². The number of anilines is 2. The Hall–Kier alpha value is -3.35. The van der Waals surface area contributed by atoms with Gasteiger partial charge in [0.05, 0.1) is 0 Å². The molecule has 4 N–H and O–H groups in total. The predicted octanol–water partition coefficient (Wildman–Crippen LogP) is 5.76. The van der Waals surface area contributed by atoms with Crippen LogP contribution in [0.1, 0.15) is 11.1 Å². The molecule has 27 heavy (non-hydrogen) atoms. The standard InChI is InChI=1S/C20H17F3N2O2/c1-12-10-13(24)2-8-18(12)26-15-4-6-16(7-5-15)27-19-9-3-14(25)11-17(19)20(21,22)23/h2-11H,24-25H2,1H3. The first-order valence-electron chi connectivity index (χ1n) is 8.01. The van der Waals surface area contributed by atoms with Crippen LogP contribution in [0, 0.1) is 6.92 Å². The Balaban J connectivity index is 1.79. The third-order valence-electron chi connectivity index (χ3n) is 3.79. The van der Waals surface area contributed by atoms with Crippen molar-refractivity contribution in [3.63, 3.8) is 0 Å². The minimum Gasteiger partial charge on any atom is -0.457 e. The summed E-state index contributed by atoms with van der Waals surface area (Å²) in [5, 5.41) is 0. The SMILES string of the molecule is Cc1cc(N)ccc1Oc1ccc(Oc2ccc(N)cc2C(F)(F)F)cc1. The first-order chi connectivity index (χ1) is 12.7. The Morgan fingerprint density at radius 3 is 1.70 bits per heavy atom. The van der Waals surface area contributed by atoms with Crippen LogP contribution < -0.4 is 20.9 Å². The lowest BCUT2D eigenvalue weighted by Gasteiger charge is -2.15. The lowest BCUT2D eigenvalue weighted by atomic mass is 10.1. The monoisotopic (exact) mass is 374 g/mol. The van der Waals surface area contributed by atoms with Gasteiger partial charge in [-0.25, -0.2) is 0 Å². The summed E-state index contributed by atoms with van der Waals surface area (Å²) in [6.45, 7) is 1.86. The van der Waals surface area contributed by atoms with Crippen molar-refractivity contribution in [2.75, 3.05) is 11.5 Å². The van der Waals surface area contributed by atoms with E-state index in [0.29, 0.717) is 17.2 Å². The van der Waals surface area contributed by atoms with Gasteiger partial charge in [0.2, 0.25) is 0 Å². The van der Waals surface area contributed by atoms with Crippen LogP contribution in [-0.2, 0) is 6.18 Å². The van der Waals surface area contributed by atoms with Gasteiger partial charge in [0.15, 0.2) is 0 Å². The van der Waals surface area contributed by atoms with E-state index < -0.39 is 11.7 Å². The lowest BCUT2D eigenvalue weighted by molar-refractivity contribution is -0.138. The second kappa shape index (κ2) is 7.11. The molecule has 3 rings (SSSR count). The highest BCUT2D eigenvalue weighted by molar-refractivity contribution is 5.51. The van der Waals surface area contributed by atoms with E-state index in [1.807, 2.05) is 6.92 Å². The van der Waals surface area contributed by atoms with Crippen LogP contribution in [0.3, 0.4) is 0 Å². The van der Waals surface area contributed by atoms with Gasteiger partial charge in [-0.3, -0.25) is 0 Å². The fraction of sp³-hybridized carbons (Fsp3) is 0.100. The van der Waals surface area contributed by atoms with Crippen LogP contribution in [0.2, 0.25) is 0 Å². The van der Waals surface area contributed by atoms with Crippen molar-refractivity contribution in [1.29, 1.82) is 0 Å². The van der Waals surface area contributed by atoms with Crippen LogP contribution in [0.5, 0.6) is 23.0 Å². The van der Waals surface area contributed by atoms with E-state index in [2.05, 4.69) is 0 Å². The molecule has 0 aliphatic heterocycles. The highest BCUT2D eigenvalue weighted by atomic mass is 19.4. The number of hydrogen-bond acceptors (Lipinski definition) is 4. The Labute approximate surface area is 154 Å². The maximum atomic E-state index is 13.1. The van der Waals surface area contributed by atoms with E-state index in [1.165, 1.54) is 24.3 Å². The van der Waals surface area contributed by atoms with Gasteiger partial charge >= 0.3 is 6.18 Å². The Bertz CT molecular complexity index is 954. The molecule has 3 aromatic rings. The molecule has 0 atom stereocenters. The first kappa shape index (κ1) is 18.4. The molecule has 0 saturated carbocycles. The summed E-state index contributed by atoms with van der Waals surface area (Å²) >= 11 is 0. The van der Waals surface area contributed by atoms with E-state index in [1.54, 1.807) is 30.3 Å². The molecule has 0 aliphatic rings. The van der Waals surface area contributed by atoms with Gasteiger partial charge in [0.1, 0.15) is 28.6 Å². The van der Waals surface area contributed by atoms with Crippen LogP contribution >= 0.6 is 0 Å². The van der Waals surface area contributed by atoms with E-state index in [0.717, 1.165) is 11.6 Å². The fourth-order valence-electron chi connectivity index (χ4n) is 2.47. The zero-order chi connectivity index (χ0) is 19.6. The van der Waals surface area contributed by atoms with Crippen molar-refractivity contribution in [2.45, 2.75) is 13.1 Å². The molecule has 0 fully saturated rings. The topological polar surface area (TPSA) is 70.5 Å². The summed E-state index contributed by atoms with van der Waals surface area (Å²) in [6, 6.07) is 14.9. The van der Waals surface area contributed by atoms with Crippen LogP contribution in [-0.4, -0.2) is 0 Å². The normalized spacial score (nSPS) is 11.3. The molecule has 0 aromatic heterocycles. The van der Waals surface area contributed by atoms with Gasteiger partial charge in [-0.2, -0.15) is 13.2 Å². The van der Waals surface area contributed by atoms with Gasteiger partial charge < -0.3 is 20.9 Å². The van der Waals surface area contributed by atoms with E-state index >= 15 is 0 Å². The number of nitrogen functional groups attached to an aromatic ring is 2. The summed E-state index contributed by atoms with van der Waals surface area (Å²) in [5.74, 6) is 1.07. The first-order valence-corrected chi connectivity index (χ1v) is 8.01. The van der Waals surface area contributed by atoms with Crippen molar-refractivity contribution in [1.82, 2.24) is 0 Å². The molecule has 0 heterocycles. The van der Waals surface area contributed by atoms with Gasteiger partial charge in [-0.05, 0) is 73.2 Å². The second-order valence-electron chi connectivity index (χ2n) is 5.95. The van der Waals surface area contributed by atoms with Crippen molar-refractivity contribution in [3.8, 4) is 23.0 Å². The number of rotatable bonds is 4. The number of nitrogens with two attached hydrogens (primary N) is 2. The summed E-state index contributed by atoms with van der Waals surface area (Å²) in [7, 11) is 0. The molecule has 3 aromatic carbocycles. The zero-order valence-corrected chi connectivity index (χ0v) is 14.4. The van der Waals surface area contributed by atoms with Crippen molar-refractivity contribution in [3.05, 3.63) is 71.8 Å². The molecule has 4 nitrogen and oxygen atoms in total. The van der Waals surface area contributed by atoms with E-state index in [-0.39, 0.29) is 17.2 Å². The number of hydrogen-bond donors (Lipinski definition) is 2. The van der Waals surface area contributed by atoms with Gasteiger partial charge in [-0.15, -0.1) is 0 Å². The van der Waals surface area contributed by atoms with Crippen LogP contribution in [0.4, 0.5) is 24.5 Å². The third kappa shape index (κ3) is 4.44. The number of benzene rings is 3. The van der Waals surface area contributed by atoms with Crippen molar-refractivity contribution < 1.29 is 22.6 Å². The van der Waals surface area contributed by atoms with Crippen molar-refractivity contribution >= 4 is 11.4 Å². The third-order valence-corrected chi connectivity index (χ3v) is 3.79. The molecule has 0 saturated heterocycles. The minimum absolute atomic E-state index is 0.0114. The molecular weight excluding hydrogens is 357 g/mol. The molecule has 0 radical (unpaired) electrons. The Morgan fingerprint density at radius 2 is 1.19 bits per heavy atom. The summed E-state index contributed by atoms with van der Waals surface area (Å²) in [5.41, 5.74) is 11.7. The maximum absolute atomic E-state index is 13.1. The highest BCUT2D eigenvalue weighted by Gasteiger charge is 2.34. The Kier molecular flexibility index (Phi) is 4.85. The highest BCUT2D eigenvalue weighted by Crippen LogP contribution is 2.39. The molecule has 7 heteroatoms. The molecular formula is C20H17F3N2O2. The summed E-state index contributed by atoms with van der Waals surface area (Å²) in [4.78, 5) is 0. The number of ether oxygens (including phenoxy) is 2. The smallest absolute Gasteiger partial charge is 0.420 e. The quantitative estimate of drug-likeness (QED) is 0.569. The number of aryl methyl sites for hydroxylation is 1. The molecule has 0 spiro atoms. The lowest BCUT2D eigenvalue weighted by Crippen LogP contribution is -2.08. The van der Waals surface area contributed by atoms with Crippen molar-refractivity contribution in [2.24, 2.45) is 0 Å². The molecule has 0 amide bonds. The molecule has 140 valence electrons. The van der Waals surface area contributed by atoms with Gasteiger partial charge in [0.25, 0.3) is 0 Å². The minimum atomic E-state index is -4.57.